The molecule has 1 unspecified atom stereocenters. The zero-order valence-electron chi connectivity index (χ0n) is 9.25. The third kappa shape index (κ3) is 3.29. The van der Waals surface area contributed by atoms with Crippen molar-refractivity contribution in [3.63, 3.8) is 0 Å². The summed E-state index contributed by atoms with van der Waals surface area (Å²) in [6, 6.07) is 3.96. The fourth-order valence-corrected chi connectivity index (χ4v) is 1.47. The van der Waals surface area contributed by atoms with Crippen LogP contribution in [0.15, 0.2) is 29.8 Å². The molecule has 1 rings (SSSR count). The van der Waals surface area contributed by atoms with Crippen molar-refractivity contribution < 1.29 is 8.78 Å². The highest BCUT2D eigenvalue weighted by molar-refractivity contribution is 6.25. The largest absolute Gasteiger partial charge is 0.296 e. The Morgan fingerprint density at radius 1 is 1.38 bits per heavy atom. The Labute approximate surface area is 99.3 Å². The predicted molar refractivity (Wildman–Crippen MR) is 62.4 cm³/mol. The number of halogens is 3. The van der Waals surface area contributed by atoms with Crippen molar-refractivity contribution >= 4 is 11.6 Å². The number of hydrogen-bond acceptors (Lipinski definition) is 1. The molecule has 0 amide bonds. The molecule has 0 heterocycles. The van der Waals surface area contributed by atoms with Crippen molar-refractivity contribution in [1.82, 2.24) is 4.90 Å². The highest BCUT2D eigenvalue weighted by Gasteiger charge is 2.12. The van der Waals surface area contributed by atoms with Crippen LogP contribution in [0.2, 0.25) is 0 Å². The third-order valence-corrected chi connectivity index (χ3v) is 2.75. The number of nitrogens with zero attached hydrogens (tertiary/aromatic N) is 1. The van der Waals surface area contributed by atoms with Gasteiger partial charge in [-0.25, -0.2) is 8.78 Å². The Hall–Kier alpha value is -0.930. The van der Waals surface area contributed by atoms with Crippen LogP contribution in [0.1, 0.15) is 18.5 Å². The van der Waals surface area contributed by atoms with Crippen LogP contribution in [0.3, 0.4) is 0 Å². The number of benzene rings is 1. The van der Waals surface area contributed by atoms with Crippen molar-refractivity contribution in [2.45, 2.75) is 13.0 Å². The average molecular weight is 246 g/mol. The fraction of sp³-hybridized carbons (Fsp3) is 0.333. The van der Waals surface area contributed by atoms with E-state index >= 15 is 0 Å². The molecule has 0 aliphatic carbocycles. The van der Waals surface area contributed by atoms with E-state index in [0.717, 1.165) is 11.6 Å². The lowest BCUT2D eigenvalue weighted by Crippen LogP contribution is -2.22. The second kappa shape index (κ2) is 5.97. The van der Waals surface area contributed by atoms with Gasteiger partial charge in [0.25, 0.3) is 0 Å². The molecule has 0 N–H and O–H groups in total. The molecule has 1 aromatic rings. The maximum Gasteiger partial charge on any atom is 0.159 e. The maximum absolute atomic E-state index is 13.0. The summed E-state index contributed by atoms with van der Waals surface area (Å²) in [5.74, 6) is -1.63. The zero-order valence-corrected chi connectivity index (χ0v) is 10.0. The van der Waals surface area contributed by atoms with Crippen LogP contribution in [0, 0.1) is 11.6 Å². The van der Waals surface area contributed by atoms with Crippen LogP contribution in [0.25, 0.3) is 0 Å². The van der Waals surface area contributed by atoms with Gasteiger partial charge in [0.15, 0.2) is 11.6 Å². The summed E-state index contributed by atoms with van der Waals surface area (Å²) in [4.78, 5) is 1.98. The normalized spacial score (nSPS) is 13.6. The molecule has 0 spiro atoms. The minimum absolute atomic E-state index is 0.00275. The van der Waals surface area contributed by atoms with E-state index in [9.17, 15) is 8.78 Å². The molecule has 0 saturated heterocycles. The van der Waals surface area contributed by atoms with E-state index in [4.69, 9.17) is 11.6 Å². The topological polar surface area (TPSA) is 3.24 Å². The van der Waals surface area contributed by atoms with Crippen molar-refractivity contribution in [3.8, 4) is 0 Å². The van der Waals surface area contributed by atoms with Gasteiger partial charge in [-0.15, -0.1) is 0 Å². The third-order valence-electron chi connectivity index (χ3n) is 2.57. The van der Waals surface area contributed by atoms with Gasteiger partial charge in [0.2, 0.25) is 0 Å². The van der Waals surface area contributed by atoms with E-state index in [1.807, 2.05) is 18.9 Å². The number of rotatable bonds is 4. The summed E-state index contributed by atoms with van der Waals surface area (Å²) in [6.07, 6.45) is 1.79. The molecule has 4 heteroatoms. The summed E-state index contributed by atoms with van der Waals surface area (Å²) in [7, 11) is 1.89. The number of likely N-dealkylation sites (N-methyl/N-ethyl adjacent to an activating group) is 1. The van der Waals surface area contributed by atoms with Gasteiger partial charge in [-0.3, -0.25) is 4.90 Å². The smallest absolute Gasteiger partial charge is 0.159 e. The zero-order chi connectivity index (χ0) is 12.1. The monoisotopic (exact) mass is 245 g/mol. The lowest BCUT2D eigenvalue weighted by molar-refractivity contribution is 0.288. The Morgan fingerprint density at radius 3 is 2.62 bits per heavy atom. The van der Waals surface area contributed by atoms with Crippen molar-refractivity contribution in [2.75, 3.05) is 13.6 Å². The van der Waals surface area contributed by atoms with E-state index in [2.05, 4.69) is 0 Å². The van der Waals surface area contributed by atoms with E-state index in [-0.39, 0.29) is 6.04 Å². The molecule has 1 aromatic carbocycles. The first-order valence-electron chi connectivity index (χ1n) is 4.96. The summed E-state index contributed by atoms with van der Waals surface area (Å²) in [5.41, 5.74) is 2.18. The van der Waals surface area contributed by atoms with E-state index in [1.165, 1.54) is 11.6 Å². The fourth-order valence-electron chi connectivity index (χ4n) is 1.39. The molecule has 1 nitrogen and oxygen atoms in total. The second-order valence-electron chi connectivity index (χ2n) is 3.65. The number of hydrogen-bond donors (Lipinski definition) is 0. The van der Waals surface area contributed by atoms with Crippen LogP contribution in [0.4, 0.5) is 8.78 Å². The molecule has 0 bridgehead atoms. The molecular formula is C12H14ClF2N. The van der Waals surface area contributed by atoms with Gasteiger partial charge in [0, 0.05) is 18.1 Å². The van der Waals surface area contributed by atoms with Crippen molar-refractivity contribution in [1.29, 1.82) is 0 Å². The minimum atomic E-state index is -0.820. The summed E-state index contributed by atoms with van der Waals surface area (Å²) in [5, 5.41) is 0. The molecule has 0 aliphatic rings. The van der Waals surface area contributed by atoms with Crippen LogP contribution in [0.5, 0.6) is 0 Å². The second-order valence-corrected chi connectivity index (χ2v) is 3.90. The van der Waals surface area contributed by atoms with Crippen LogP contribution in [-0.4, -0.2) is 18.5 Å². The Bertz CT molecular complexity index is 379. The molecule has 88 valence electrons. The van der Waals surface area contributed by atoms with E-state index < -0.39 is 11.6 Å². The minimum Gasteiger partial charge on any atom is -0.296 e. The Balaban J connectivity index is 2.79. The highest BCUT2D eigenvalue weighted by atomic mass is 35.5. The van der Waals surface area contributed by atoms with Gasteiger partial charge in [0.1, 0.15) is 0 Å². The lowest BCUT2D eigenvalue weighted by atomic mass is 10.1. The Morgan fingerprint density at radius 2 is 2.06 bits per heavy atom. The van der Waals surface area contributed by atoms with Gasteiger partial charge in [-0.1, -0.05) is 23.7 Å². The van der Waals surface area contributed by atoms with Crippen molar-refractivity contribution in [3.05, 3.63) is 47.0 Å². The summed E-state index contributed by atoms with van der Waals surface area (Å²) >= 11 is 5.43. The van der Waals surface area contributed by atoms with Gasteiger partial charge >= 0.3 is 0 Å². The van der Waals surface area contributed by atoms with Gasteiger partial charge in [0.05, 0.1) is 0 Å². The molecule has 0 aliphatic heterocycles. The van der Waals surface area contributed by atoms with E-state index in [1.54, 1.807) is 12.1 Å². The predicted octanol–water partition coefficient (Wildman–Crippen LogP) is 3.71. The van der Waals surface area contributed by atoms with Gasteiger partial charge in [-0.2, -0.15) is 0 Å². The lowest BCUT2D eigenvalue weighted by Gasteiger charge is -2.23. The standard InChI is InChI=1S/C12H14ClF2N/c1-9(16(2)7-3-6-13)10-4-5-11(14)12(15)8-10/h3-6,8-9H,7H2,1-2H3/b6-3+. The molecule has 0 fully saturated rings. The van der Waals surface area contributed by atoms with Gasteiger partial charge in [-0.05, 0) is 31.7 Å². The van der Waals surface area contributed by atoms with Crippen LogP contribution >= 0.6 is 11.6 Å². The molecule has 0 radical (unpaired) electrons. The first-order valence-corrected chi connectivity index (χ1v) is 5.40. The molecular weight excluding hydrogens is 232 g/mol. The molecule has 0 aromatic heterocycles. The Kier molecular flexibility index (Phi) is 4.90. The molecule has 0 saturated carbocycles. The summed E-state index contributed by atoms with van der Waals surface area (Å²) < 4.78 is 25.8. The maximum atomic E-state index is 13.0. The highest BCUT2D eigenvalue weighted by Crippen LogP contribution is 2.20. The molecule has 1 atom stereocenters. The first kappa shape index (κ1) is 13.1. The SMILES string of the molecule is CC(c1ccc(F)c(F)c1)N(C)C/C=C/Cl. The first-order chi connectivity index (χ1) is 7.56. The van der Waals surface area contributed by atoms with Crippen molar-refractivity contribution in [2.24, 2.45) is 0 Å². The van der Waals surface area contributed by atoms with Crippen LogP contribution < -0.4 is 0 Å². The van der Waals surface area contributed by atoms with Gasteiger partial charge < -0.3 is 0 Å². The van der Waals surface area contributed by atoms with E-state index in [0.29, 0.717) is 6.54 Å². The van der Waals surface area contributed by atoms with Crippen LogP contribution in [-0.2, 0) is 0 Å². The average Bonchev–Trinajstić information content (AvgIpc) is 2.28. The summed E-state index contributed by atoms with van der Waals surface area (Å²) in [6.45, 7) is 2.58. The molecule has 16 heavy (non-hydrogen) atoms. The quantitative estimate of drug-likeness (QED) is 0.782.